The SMILES string of the molecule is Cc1cc(N2CC(=O)CC2=O)ccc1N. The fourth-order valence-corrected chi connectivity index (χ4v) is 1.65. The van der Waals surface area contributed by atoms with Gasteiger partial charge in [-0.15, -0.1) is 0 Å². The molecule has 0 radical (unpaired) electrons. The lowest BCUT2D eigenvalue weighted by molar-refractivity contribution is -0.121. The molecule has 1 heterocycles. The third-order valence-electron chi connectivity index (χ3n) is 2.55. The summed E-state index contributed by atoms with van der Waals surface area (Å²) in [5.74, 6) is -0.168. The van der Waals surface area contributed by atoms with E-state index in [9.17, 15) is 9.59 Å². The molecular weight excluding hydrogens is 192 g/mol. The zero-order valence-electron chi connectivity index (χ0n) is 8.49. The van der Waals surface area contributed by atoms with E-state index in [2.05, 4.69) is 0 Å². The number of carbonyl (C=O) groups is 2. The summed E-state index contributed by atoms with van der Waals surface area (Å²) in [5.41, 5.74) is 8.03. The molecule has 1 aliphatic heterocycles. The molecule has 78 valence electrons. The van der Waals surface area contributed by atoms with Gasteiger partial charge in [0, 0.05) is 11.4 Å². The Hall–Kier alpha value is -1.84. The monoisotopic (exact) mass is 204 g/mol. The Bertz CT molecular complexity index is 440. The average Bonchev–Trinajstić information content (AvgIpc) is 2.50. The molecule has 1 aromatic carbocycles. The molecule has 0 saturated carbocycles. The Labute approximate surface area is 87.7 Å². The summed E-state index contributed by atoms with van der Waals surface area (Å²) in [7, 11) is 0. The first kappa shape index (κ1) is 9.71. The number of Topliss-reactive ketones (excluding diaryl/α,β-unsaturated/α-hetero) is 1. The lowest BCUT2D eigenvalue weighted by atomic mass is 10.2. The van der Waals surface area contributed by atoms with Gasteiger partial charge in [-0.05, 0) is 30.7 Å². The van der Waals surface area contributed by atoms with E-state index in [-0.39, 0.29) is 24.7 Å². The number of hydrogen-bond donors (Lipinski definition) is 1. The van der Waals surface area contributed by atoms with Crippen LogP contribution in [0.15, 0.2) is 18.2 Å². The van der Waals surface area contributed by atoms with Crippen LogP contribution < -0.4 is 10.6 Å². The second-order valence-corrected chi connectivity index (χ2v) is 3.74. The van der Waals surface area contributed by atoms with E-state index >= 15 is 0 Å². The lowest BCUT2D eigenvalue weighted by Crippen LogP contribution is -2.24. The van der Waals surface area contributed by atoms with Crippen LogP contribution >= 0.6 is 0 Å². The Balaban J connectivity index is 2.34. The number of anilines is 2. The van der Waals surface area contributed by atoms with E-state index in [1.165, 1.54) is 4.90 Å². The van der Waals surface area contributed by atoms with Crippen LogP contribution in [0.25, 0.3) is 0 Å². The second kappa shape index (κ2) is 3.38. The first-order valence-corrected chi connectivity index (χ1v) is 4.76. The van der Waals surface area contributed by atoms with Crippen LogP contribution in [0.1, 0.15) is 12.0 Å². The van der Waals surface area contributed by atoms with Gasteiger partial charge in [-0.3, -0.25) is 9.59 Å². The van der Waals surface area contributed by atoms with E-state index in [4.69, 9.17) is 5.73 Å². The van der Waals surface area contributed by atoms with Gasteiger partial charge in [-0.25, -0.2) is 0 Å². The molecule has 1 fully saturated rings. The summed E-state index contributed by atoms with van der Waals surface area (Å²) in [6.45, 7) is 2.06. The average molecular weight is 204 g/mol. The molecule has 2 rings (SSSR count). The van der Waals surface area contributed by atoms with Gasteiger partial charge in [0.2, 0.25) is 5.91 Å². The van der Waals surface area contributed by atoms with E-state index in [1.54, 1.807) is 12.1 Å². The summed E-state index contributed by atoms with van der Waals surface area (Å²) in [4.78, 5) is 24.1. The summed E-state index contributed by atoms with van der Waals surface area (Å²) in [6, 6.07) is 5.34. The molecule has 0 unspecified atom stereocenters. The first-order valence-electron chi connectivity index (χ1n) is 4.76. The molecule has 15 heavy (non-hydrogen) atoms. The van der Waals surface area contributed by atoms with Gasteiger partial charge in [-0.1, -0.05) is 0 Å². The Kier molecular flexibility index (Phi) is 2.19. The Morgan fingerprint density at radius 3 is 2.60 bits per heavy atom. The third-order valence-corrected chi connectivity index (χ3v) is 2.55. The smallest absolute Gasteiger partial charge is 0.234 e. The minimum Gasteiger partial charge on any atom is -0.399 e. The summed E-state index contributed by atoms with van der Waals surface area (Å²) >= 11 is 0. The van der Waals surface area contributed by atoms with Gasteiger partial charge < -0.3 is 10.6 Å². The van der Waals surface area contributed by atoms with Gasteiger partial charge in [0.15, 0.2) is 5.78 Å². The van der Waals surface area contributed by atoms with Gasteiger partial charge >= 0.3 is 0 Å². The van der Waals surface area contributed by atoms with Crippen molar-refractivity contribution < 1.29 is 9.59 Å². The summed E-state index contributed by atoms with van der Waals surface area (Å²) < 4.78 is 0. The summed E-state index contributed by atoms with van der Waals surface area (Å²) in [5, 5.41) is 0. The van der Waals surface area contributed by atoms with Gasteiger partial charge in [0.25, 0.3) is 0 Å². The molecule has 0 bridgehead atoms. The number of hydrogen-bond acceptors (Lipinski definition) is 3. The van der Waals surface area contributed by atoms with Crippen LogP contribution in [-0.4, -0.2) is 18.2 Å². The van der Waals surface area contributed by atoms with E-state index in [0.717, 1.165) is 11.3 Å². The van der Waals surface area contributed by atoms with Gasteiger partial charge in [0.1, 0.15) is 0 Å². The number of ketones is 1. The largest absolute Gasteiger partial charge is 0.399 e. The highest BCUT2D eigenvalue weighted by atomic mass is 16.2. The molecule has 4 nitrogen and oxygen atoms in total. The molecule has 2 N–H and O–H groups in total. The highest BCUT2D eigenvalue weighted by molar-refractivity contribution is 6.15. The van der Waals surface area contributed by atoms with Crippen molar-refractivity contribution in [2.24, 2.45) is 0 Å². The highest BCUT2D eigenvalue weighted by Crippen LogP contribution is 2.23. The molecule has 1 aliphatic rings. The quantitative estimate of drug-likeness (QED) is 0.545. The van der Waals surface area contributed by atoms with Crippen molar-refractivity contribution in [3.8, 4) is 0 Å². The van der Waals surface area contributed by atoms with Gasteiger partial charge in [0.05, 0.1) is 13.0 Å². The van der Waals surface area contributed by atoms with E-state index < -0.39 is 0 Å². The minimum absolute atomic E-state index is 0.0173. The maximum Gasteiger partial charge on any atom is 0.234 e. The zero-order valence-corrected chi connectivity index (χ0v) is 8.49. The first-order chi connectivity index (χ1) is 7.08. The van der Waals surface area contributed by atoms with Crippen molar-refractivity contribution in [2.45, 2.75) is 13.3 Å². The fourth-order valence-electron chi connectivity index (χ4n) is 1.65. The van der Waals surface area contributed by atoms with Crippen molar-refractivity contribution in [1.82, 2.24) is 0 Å². The maximum absolute atomic E-state index is 11.5. The number of rotatable bonds is 1. The predicted octanol–water partition coefficient (Wildman–Crippen LogP) is 0.883. The van der Waals surface area contributed by atoms with Crippen LogP contribution in [-0.2, 0) is 9.59 Å². The van der Waals surface area contributed by atoms with Gasteiger partial charge in [-0.2, -0.15) is 0 Å². The minimum atomic E-state index is -0.135. The zero-order chi connectivity index (χ0) is 11.0. The molecular formula is C11H12N2O2. The van der Waals surface area contributed by atoms with Crippen LogP contribution in [0.3, 0.4) is 0 Å². The standard InChI is InChI=1S/C11H12N2O2/c1-7-4-8(2-3-10(7)12)13-6-9(14)5-11(13)15/h2-4H,5-6,12H2,1H3. The Morgan fingerprint density at radius 1 is 1.33 bits per heavy atom. The van der Waals surface area contributed by atoms with E-state index in [0.29, 0.717) is 5.69 Å². The number of nitrogens with two attached hydrogens (primary N) is 1. The molecule has 1 amide bonds. The second-order valence-electron chi connectivity index (χ2n) is 3.74. The molecule has 0 spiro atoms. The molecule has 4 heteroatoms. The third kappa shape index (κ3) is 1.70. The topological polar surface area (TPSA) is 63.4 Å². The molecule has 0 atom stereocenters. The number of amides is 1. The molecule has 0 aromatic heterocycles. The van der Waals surface area contributed by atoms with Crippen molar-refractivity contribution >= 4 is 23.1 Å². The number of nitrogens with zero attached hydrogens (tertiary/aromatic N) is 1. The Morgan fingerprint density at radius 2 is 2.07 bits per heavy atom. The lowest BCUT2D eigenvalue weighted by Gasteiger charge is -2.15. The fraction of sp³-hybridized carbons (Fsp3) is 0.273. The number of nitrogen functional groups attached to an aromatic ring is 1. The maximum atomic E-state index is 11.5. The highest BCUT2D eigenvalue weighted by Gasteiger charge is 2.28. The van der Waals surface area contributed by atoms with Crippen LogP contribution in [0.5, 0.6) is 0 Å². The predicted molar refractivity (Wildman–Crippen MR) is 57.6 cm³/mol. The molecule has 0 aliphatic carbocycles. The van der Waals surface area contributed by atoms with Crippen LogP contribution in [0, 0.1) is 6.92 Å². The van der Waals surface area contributed by atoms with Crippen LogP contribution in [0.2, 0.25) is 0 Å². The number of aryl methyl sites for hydroxylation is 1. The number of benzene rings is 1. The van der Waals surface area contributed by atoms with Crippen LogP contribution in [0.4, 0.5) is 11.4 Å². The van der Waals surface area contributed by atoms with Crippen molar-refractivity contribution in [3.05, 3.63) is 23.8 Å². The summed E-state index contributed by atoms with van der Waals surface area (Å²) in [6.07, 6.45) is 0.0173. The van der Waals surface area contributed by atoms with Crippen molar-refractivity contribution in [1.29, 1.82) is 0 Å². The number of carbonyl (C=O) groups excluding carboxylic acids is 2. The molecule has 1 aromatic rings. The normalized spacial score (nSPS) is 16.2. The van der Waals surface area contributed by atoms with Crippen molar-refractivity contribution in [3.63, 3.8) is 0 Å². The van der Waals surface area contributed by atoms with E-state index in [1.807, 2.05) is 13.0 Å². The van der Waals surface area contributed by atoms with Crippen molar-refractivity contribution in [2.75, 3.05) is 17.2 Å². The molecule has 1 saturated heterocycles.